The summed E-state index contributed by atoms with van der Waals surface area (Å²) in [6.07, 6.45) is 4.04. The van der Waals surface area contributed by atoms with E-state index in [1.807, 2.05) is 19.3 Å². The number of hydrogen-bond acceptors (Lipinski definition) is 4. The van der Waals surface area contributed by atoms with Crippen LogP contribution in [-0.2, 0) is 13.5 Å². The predicted octanol–water partition coefficient (Wildman–Crippen LogP) is 2.04. The SMILES string of the molecule is CCNCCCc1c(C)nc(-c2ccn(C)n2)nc1C. The fourth-order valence-corrected chi connectivity index (χ4v) is 2.32. The van der Waals surface area contributed by atoms with Gasteiger partial charge in [-0.25, -0.2) is 9.97 Å². The minimum Gasteiger partial charge on any atom is -0.317 e. The first-order valence-electron chi connectivity index (χ1n) is 7.16. The normalized spacial score (nSPS) is 11.0. The monoisotopic (exact) mass is 273 g/mol. The summed E-state index contributed by atoms with van der Waals surface area (Å²) in [5.74, 6) is 0.719. The number of aryl methyl sites for hydroxylation is 3. The van der Waals surface area contributed by atoms with Crippen LogP contribution >= 0.6 is 0 Å². The van der Waals surface area contributed by atoms with Gasteiger partial charge in [0.25, 0.3) is 0 Å². The summed E-state index contributed by atoms with van der Waals surface area (Å²) in [5.41, 5.74) is 4.23. The van der Waals surface area contributed by atoms with Gasteiger partial charge in [-0.15, -0.1) is 0 Å². The van der Waals surface area contributed by atoms with Crippen LogP contribution in [0, 0.1) is 13.8 Å². The summed E-state index contributed by atoms with van der Waals surface area (Å²) in [5, 5.41) is 7.70. The van der Waals surface area contributed by atoms with Crippen LogP contribution in [-0.4, -0.2) is 32.8 Å². The molecule has 0 aliphatic carbocycles. The highest BCUT2D eigenvalue weighted by atomic mass is 15.3. The van der Waals surface area contributed by atoms with E-state index in [9.17, 15) is 0 Å². The van der Waals surface area contributed by atoms with Crippen molar-refractivity contribution in [2.45, 2.75) is 33.6 Å². The van der Waals surface area contributed by atoms with Crippen molar-refractivity contribution in [3.8, 4) is 11.5 Å². The lowest BCUT2D eigenvalue weighted by Gasteiger charge is -2.10. The molecule has 0 saturated carbocycles. The van der Waals surface area contributed by atoms with Crippen molar-refractivity contribution in [3.05, 3.63) is 29.2 Å². The molecule has 0 unspecified atom stereocenters. The molecule has 2 aromatic heterocycles. The van der Waals surface area contributed by atoms with Crippen molar-refractivity contribution in [2.75, 3.05) is 13.1 Å². The maximum absolute atomic E-state index is 4.61. The standard InChI is InChI=1S/C15H23N5/c1-5-16-9-6-7-13-11(2)17-15(18-12(13)3)14-8-10-20(4)19-14/h8,10,16H,5-7,9H2,1-4H3. The van der Waals surface area contributed by atoms with Crippen molar-refractivity contribution in [3.63, 3.8) is 0 Å². The molecule has 2 aromatic rings. The third kappa shape index (κ3) is 3.42. The number of rotatable bonds is 6. The second-order valence-electron chi connectivity index (χ2n) is 5.03. The first-order valence-corrected chi connectivity index (χ1v) is 7.16. The zero-order valence-corrected chi connectivity index (χ0v) is 12.8. The van der Waals surface area contributed by atoms with E-state index in [1.165, 1.54) is 5.56 Å². The molecule has 2 heterocycles. The van der Waals surface area contributed by atoms with Crippen LogP contribution in [0.2, 0.25) is 0 Å². The van der Waals surface area contributed by atoms with E-state index in [2.05, 4.69) is 41.2 Å². The van der Waals surface area contributed by atoms with Gasteiger partial charge in [-0.05, 0) is 51.4 Å². The number of aromatic nitrogens is 4. The van der Waals surface area contributed by atoms with E-state index in [-0.39, 0.29) is 0 Å². The fourth-order valence-electron chi connectivity index (χ4n) is 2.32. The molecule has 20 heavy (non-hydrogen) atoms. The topological polar surface area (TPSA) is 55.6 Å². The van der Waals surface area contributed by atoms with E-state index in [4.69, 9.17) is 0 Å². The van der Waals surface area contributed by atoms with Crippen molar-refractivity contribution in [2.24, 2.45) is 7.05 Å². The Balaban J connectivity index is 2.16. The average molecular weight is 273 g/mol. The van der Waals surface area contributed by atoms with Crippen LogP contribution in [0.5, 0.6) is 0 Å². The van der Waals surface area contributed by atoms with Crippen molar-refractivity contribution >= 4 is 0 Å². The Bertz CT molecular complexity index is 550. The van der Waals surface area contributed by atoms with E-state index in [0.29, 0.717) is 0 Å². The molecule has 0 bridgehead atoms. The number of hydrogen-bond donors (Lipinski definition) is 1. The van der Waals surface area contributed by atoms with Gasteiger partial charge in [0.15, 0.2) is 5.82 Å². The molecule has 1 N–H and O–H groups in total. The molecule has 108 valence electrons. The Hall–Kier alpha value is -1.75. The molecule has 0 aliphatic rings. The molecular formula is C15H23N5. The number of nitrogens with one attached hydrogen (secondary N) is 1. The quantitative estimate of drug-likeness (QED) is 0.818. The van der Waals surface area contributed by atoms with Crippen molar-refractivity contribution in [1.29, 1.82) is 0 Å². The predicted molar refractivity (Wildman–Crippen MR) is 80.6 cm³/mol. The van der Waals surface area contributed by atoms with Gasteiger partial charge in [-0.2, -0.15) is 5.10 Å². The van der Waals surface area contributed by atoms with Gasteiger partial charge < -0.3 is 5.32 Å². The first-order chi connectivity index (χ1) is 9.61. The molecule has 0 fully saturated rings. The summed E-state index contributed by atoms with van der Waals surface area (Å²) in [6, 6.07) is 1.94. The zero-order valence-electron chi connectivity index (χ0n) is 12.8. The van der Waals surface area contributed by atoms with Crippen LogP contribution in [0.15, 0.2) is 12.3 Å². The second kappa shape index (κ2) is 6.61. The van der Waals surface area contributed by atoms with Crippen molar-refractivity contribution in [1.82, 2.24) is 25.1 Å². The lowest BCUT2D eigenvalue weighted by molar-refractivity contribution is 0.667. The van der Waals surface area contributed by atoms with E-state index in [1.54, 1.807) is 4.68 Å². The third-order valence-electron chi connectivity index (χ3n) is 3.39. The Kier molecular flexibility index (Phi) is 4.84. The maximum atomic E-state index is 4.61. The first kappa shape index (κ1) is 14.7. The Morgan fingerprint density at radius 1 is 1.20 bits per heavy atom. The zero-order chi connectivity index (χ0) is 14.5. The lowest BCUT2D eigenvalue weighted by Crippen LogP contribution is -2.15. The van der Waals surface area contributed by atoms with Gasteiger partial charge in [-0.3, -0.25) is 4.68 Å². The largest absolute Gasteiger partial charge is 0.317 e. The highest BCUT2D eigenvalue weighted by Crippen LogP contribution is 2.18. The van der Waals surface area contributed by atoms with E-state index < -0.39 is 0 Å². The summed E-state index contributed by atoms with van der Waals surface area (Å²) in [4.78, 5) is 9.22. The molecule has 0 saturated heterocycles. The van der Waals surface area contributed by atoms with Gasteiger partial charge in [-0.1, -0.05) is 6.92 Å². The van der Waals surface area contributed by atoms with Gasteiger partial charge in [0.2, 0.25) is 0 Å². The third-order valence-corrected chi connectivity index (χ3v) is 3.39. The molecule has 0 spiro atoms. The highest BCUT2D eigenvalue weighted by molar-refractivity contribution is 5.49. The second-order valence-corrected chi connectivity index (χ2v) is 5.03. The molecule has 0 radical (unpaired) electrons. The Morgan fingerprint density at radius 2 is 1.90 bits per heavy atom. The van der Waals surface area contributed by atoms with E-state index in [0.717, 1.165) is 48.8 Å². The molecular weight excluding hydrogens is 250 g/mol. The smallest absolute Gasteiger partial charge is 0.180 e. The van der Waals surface area contributed by atoms with Gasteiger partial charge >= 0.3 is 0 Å². The van der Waals surface area contributed by atoms with Crippen LogP contribution in [0.4, 0.5) is 0 Å². The molecule has 0 aromatic carbocycles. The minimum atomic E-state index is 0.719. The molecule has 0 atom stereocenters. The van der Waals surface area contributed by atoms with Gasteiger partial charge in [0.05, 0.1) is 0 Å². The summed E-state index contributed by atoms with van der Waals surface area (Å²) in [7, 11) is 1.90. The average Bonchev–Trinajstić information content (AvgIpc) is 2.83. The maximum Gasteiger partial charge on any atom is 0.180 e. The van der Waals surface area contributed by atoms with Gasteiger partial charge in [0.1, 0.15) is 5.69 Å². The summed E-state index contributed by atoms with van der Waals surface area (Å²) >= 11 is 0. The fraction of sp³-hybridized carbons (Fsp3) is 0.533. The molecule has 0 amide bonds. The van der Waals surface area contributed by atoms with Gasteiger partial charge in [0, 0.05) is 24.6 Å². The van der Waals surface area contributed by atoms with Crippen LogP contribution in [0.3, 0.4) is 0 Å². The van der Waals surface area contributed by atoms with Crippen LogP contribution < -0.4 is 5.32 Å². The number of nitrogens with zero attached hydrogens (tertiary/aromatic N) is 4. The Morgan fingerprint density at radius 3 is 2.45 bits per heavy atom. The minimum absolute atomic E-state index is 0.719. The lowest BCUT2D eigenvalue weighted by atomic mass is 10.1. The molecule has 2 rings (SSSR count). The summed E-state index contributed by atoms with van der Waals surface area (Å²) < 4.78 is 1.77. The molecule has 5 nitrogen and oxygen atoms in total. The highest BCUT2D eigenvalue weighted by Gasteiger charge is 2.11. The Labute approximate surface area is 120 Å². The van der Waals surface area contributed by atoms with Crippen molar-refractivity contribution < 1.29 is 0 Å². The van der Waals surface area contributed by atoms with Crippen LogP contribution in [0.1, 0.15) is 30.3 Å². The van der Waals surface area contributed by atoms with E-state index >= 15 is 0 Å². The summed E-state index contributed by atoms with van der Waals surface area (Å²) in [6.45, 7) is 8.30. The molecule has 5 heteroatoms. The van der Waals surface area contributed by atoms with Crippen LogP contribution in [0.25, 0.3) is 11.5 Å². The molecule has 0 aliphatic heterocycles.